The Balaban J connectivity index is 1.55. The molecule has 9 heteroatoms. The number of aromatic amines is 1. The molecular formula is C30H31ClN6O2. The number of hydrogen-bond donors (Lipinski definition) is 1. The van der Waals surface area contributed by atoms with E-state index in [9.17, 15) is 4.79 Å². The summed E-state index contributed by atoms with van der Waals surface area (Å²) in [7, 11) is 0. The van der Waals surface area contributed by atoms with E-state index in [-0.39, 0.29) is 11.6 Å². The van der Waals surface area contributed by atoms with Crippen LogP contribution in [0.25, 0.3) is 10.9 Å². The molecule has 8 nitrogen and oxygen atoms in total. The van der Waals surface area contributed by atoms with Crippen LogP contribution >= 0.6 is 11.6 Å². The highest BCUT2D eigenvalue weighted by Crippen LogP contribution is 2.35. The summed E-state index contributed by atoms with van der Waals surface area (Å²) in [5, 5.41) is 14.8. The molecule has 0 aliphatic heterocycles. The van der Waals surface area contributed by atoms with E-state index in [1.165, 1.54) is 0 Å². The highest BCUT2D eigenvalue weighted by molar-refractivity contribution is 6.30. The van der Waals surface area contributed by atoms with Crippen LogP contribution in [0.15, 0.2) is 70.1 Å². The molecule has 200 valence electrons. The van der Waals surface area contributed by atoms with Crippen LogP contribution in [0.4, 0.5) is 0 Å². The van der Waals surface area contributed by atoms with Gasteiger partial charge in [-0.3, -0.25) is 9.69 Å². The van der Waals surface area contributed by atoms with Gasteiger partial charge in [-0.1, -0.05) is 48.7 Å². The Labute approximate surface area is 231 Å². The number of benzene rings is 2. The van der Waals surface area contributed by atoms with Crippen molar-refractivity contribution in [2.45, 2.75) is 64.7 Å². The number of aryl methyl sites for hydroxylation is 2. The van der Waals surface area contributed by atoms with Gasteiger partial charge in [-0.05, 0) is 84.1 Å². The molecule has 5 aromatic rings. The lowest BCUT2D eigenvalue weighted by Crippen LogP contribution is -2.35. The quantitative estimate of drug-likeness (QED) is 0.248. The minimum atomic E-state index is -0.519. The topological polar surface area (TPSA) is 92.8 Å². The van der Waals surface area contributed by atoms with Crippen molar-refractivity contribution >= 4 is 22.5 Å². The molecule has 0 saturated heterocycles. The van der Waals surface area contributed by atoms with Gasteiger partial charge in [0.2, 0.25) is 0 Å². The van der Waals surface area contributed by atoms with Crippen LogP contribution in [0.3, 0.4) is 0 Å². The lowest BCUT2D eigenvalue weighted by atomic mass is 9.98. The number of aromatic nitrogens is 5. The Morgan fingerprint density at radius 1 is 1.08 bits per heavy atom. The predicted molar refractivity (Wildman–Crippen MR) is 151 cm³/mol. The molecule has 1 fully saturated rings. The molecule has 3 heterocycles. The first kappa shape index (κ1) is 25.5. The number of pyridine rings is 1. The van der Waals surface area contributed by atoms with Crippen LogP contribution in [-0.4, -0.2) is 30.1 Å². The van der Waals surface area contributed by atoms with Crippen molar-refractivity contribution < 1.29 is 4.42 Å². The molecule has 1 N–H and O–H groups in total. The second-order valence-corrected chi connectivity index (χ2v) is 10.9. The molecule has 1 unspecified atom stereocenters. The highest BCUT2D eigenvalue weighted by Gasteiger charge is 2.34. The van der Waals surface area contributed by atoms with Crippen molar-refractivity contribution in [2.24, 2.45) is 0 Å². The molecule has 0 spiro atoms. The van der Waals surface area contributed by atoms with Gasteiger partial charge in [0, 0.05) is 22.5 Å². The molecule has 0 amide bonds. The monoisotopic (exact) mass is 542 g/mol. The maximum atomic E-state index is 13.9. The van der Waals surface area contributed by atoms with E-state index in [2.05, 4.69) is 38.4 Å². The zero-order valence-corrected chi connectivity index (χ0v) is 22.9. The van der Waals surface area contributed by atoms with E-state index in [1.807, 2.05) is 60.1 Å². The molecule has 1 atom stereocenters. The lowest BCUT2D eigenvalue weighted by molar-refractivity contribution is 0.176. The molecule has 6 rings (SSSR count). The number of H-pyrrole nitrogens is 1. The van der Waals surface area contributed by atoms with Crippen LogP contribution in [0.5, 0.6) is 0 Å². The van der Waals surface area contributed by atoms with Crippen molar-refractivity contribution in [1.29, 1.82) is 0 Å². The van der Waals surface area contributed by atoms with Gasteiger partial charge >= 0.3 is 0 Å². The van der Waals surface area contributed by atoms with Gasteiger partial charge in [0.1, 0.15) is 11.8 Å². The number of halogens is 1. The van der Waals surface area contributed by atoms with E-state index in [0.717, 1.165) is 59.0 Å². The third kappa shape index (κ3) is 5.14. The fraction of sp³-hybridized carbons (Fsp3) is 0.333. The number of nitrogens with zero attached hydrogens (tertiary/aromatic N) is 5. The Morgan fingerprint density at radius 3 is 2.59 bits per heavy atom. The largest absolute Gasteiger partial charge is 0.468 e. The number of nitrogens with one attached hydrogen (secondary N) is 1. The minimum Gasteiger partial charge on any atom is -0.468 e. The van der Waals surface area contributed by atoms with Gasteiger partial charge in [-0.25, -0.2) is 4.68 Å². The fourth-order valence-corrected chi connectivity index (χ4v) is 5.87. The number of rotatable bonds is 8. The summed E-state index contributed by atoms with van der Waals surface area (Å²) >= 11 is 6.20. The first-order chi connectivity index (χ1) is 19.0. The van der Waals surface area contributed by atoms with Gasteiger partial charge < -0.3 is 9.40 Å². The first-order valence-corrected chi connectivity index (χ1v) is 13.8. The molecule has 39 heavy (non-hydrogen) atoms. The Kier molecular flexibility index (Phi) is 7.06. The van der Waals surface area contributed by atoms with Crippen molar-refractivity contribution in [3.63, 3.8) is 0 Å². The highest BCUT2D eigenvalue weighted by atomic mass is 35.5. The van der Waals surface area contributed by atoms with Crippen LogP contribution in [0, 0.1) is 13.8 Å². The summed E-state index contributed by atoms with van der Waals surface area (Å²) in [6, 6.07) is 17.4. The maximum Gasteiger partial charge on any atom is 0.253 e. The zero-order chi connectivity index (χ0) is 26.9. The van der Waals surface area contributed by atoms with Crippen molar-refractivity contribution in [3.05, 3.63) is 110 Å². The second-order valence-electron chi connectivity index (χ2n) is 10.5. The van der Waals surface area contributed by atoms with Gasteiger partial charge in [0.25, 0.3) is 5.56 Å². The average molecular weight is 543 g/mol. The summed E-state index contributed by atoms with van der Waals surface area (Å²) in [5.41, 5.74) is 4.49. The van der Waals surface area contributed by atoms with E-state index in [4.69, 9.17) is 16.0 Å². The molecule has 2 aromatic carbocycles. The standard InChI is InChI=1S/C30H31ClN6O2/c1-19-9-10-20(2)27-25(19)16-26(30(38)32-27)28(29-33-34-35-37(29)23-6-3-4-7-23)36(18-24-8-5-15-39-24)17-21-11-13-22(31)14-12-21/h5,8-16,23,28H,3-4,6-7,17-18H2,1-2H3,(H,32,38). The molecule has 0 radical (unpaired) electrons. The fourth-order valence-electron chi connectivity index (χ4n) is 5.75. The van der Waals surface area contributed by atoms with E-state index >= 15 is 0 Å². The van der Waals surface area contributed by atoms with Gasteiger partial charge in [0.15, 0.2) is 5.82 Å². The number of fused-ring (bicyclic) bond motifs is 1. The Bertz CT molecular complexity index is 1630. The second kappa shape index (κ2) is 10.8. The first-order valence-electron chi connectivity index (χ1n) is 13.4. The molecule has 1 saturated carbocycles. The zero-order valence-electron chi connectivity index (χ0n) is 22.1. The lowest BCUT2D eigenvalue weighted by Gasteiger charge is -2.31. The van der Waals surface area contributed by atoms with Crippen LogP contribution < -0.4 is 5.56 Å². The summed E-state index contributed by atoms with van der Waals surface area (Å²) in [6.07, 6.45) is 6.00. The summed E-state index contributed by atoms with van der Waals surface area (Å²) in [4.78, 5) is 19.3. The summed E-state index contributed by atoms with van der Waals surface area (Å²) in [6.45, 7) is 5.07. The predicted octanol–water partition coefficient (Wildman–Crippen LogP) is 6.28. The van der Waals surface area contributed by atoms with Crippen LogP contribution in [-0.2, 0) is 13.1 Å². The number of furan rings is 1. The molecular weight excluding hydrogens is 512 g/mol. The smallest absolute Gasteiger partial charge is 0.253 e. The summed E-state index contributed by atoms with van der Waals surface area (Å²) < 4.78 is 7.73. The Morgan fingerprint density at radius 2 is 1.85 bits per heavy atom. The minimum absolute atomic E-state index is 0.150. The third-order valence-electron chi connectivity index (χ3n) is 7.80. The van der Waals surface area contributed by atoms with Crippen LogP contribution in [0.2, 0.25) is 5.02 Å². The van der Waals surface area contributed by atoms with Crippen molar-refractivity contribution in [1.82, 2.24) is 30.1 Å². The molecule has 0 bridgehead atoms. The Hall–Kier alpha value is -3.75. The van der Waals surface area contributed by atoms with Gasteiger partial charge in [0.05, 0.1) is 24.4 Å². The van der Waals surface area contributed by atoms with E-state index in [1.54, 1.807) is 6.26 Å². The SMILES string of the molecule is Cc1ccc(C)c2[nH]c(=O)c(C(c3nnnn3C3CCCC3)N(Cc3ccc(Cl)cc3)Cc3ccco3)cc12. The average Bonchev–Trinajstić information content (AvgIpc) is 3.72. The summed E-state index contributed by atoms with van der Waals surface area (Å²) in [5.74, 6) is 1.45. The normalized spacial score (nSPS) is 15.0. The molecule has 1 aliphatic rings. The third-order valence-corrected chi connectivity index (χ3v) is 8.06. The van der Waals surface area contributed by atoms with Gasteiger partial charge in [-0.2, -0.15) is 0 Å². The molecule has 3 aromatic heterocycles. The van der Waals surface area contributed by atoms with Crippen molar-refractivity contribution in [2.75, 3.05) is 0 Å². The van der Waals surface area contributed by atoms with Crippen molar-refractivity contribution in [3.8, 4) is 0 Å². The van der Waals surface area contributed by atoms with Gasteiger partial charge in [-0.15, -0.1) is 5.10 Å². The van der Waals surface area contributed by atoms with Crippen LogP contribution in [0.1, 0.15) is 71.6 Å². The van der Waals surface area contributed by atoms with E-state index < -0.39 is 6.04 Å². The maximum absolute atomic E-state index is 13.9. The number of tetrazole rings is 1. The molecule has 1 aliphatic carbocycles. The number of hydrogen-bond acceptors (Lipinski definition) is 6. The van der Waals surface area contributed by atoms with E-state index in [0.29, 0.717) is 29.5 Å².